The van der Waals surface area contributed by atoms with Crippen molar-refractivity contribution in [3.05, 3.63) is 71.8 Å². The molecule has 2 atom stereocenters. The van der Waals surface area contributed by atoms with Gasteiger partial charge in [-0.15, -0.1) is 0 Å². The minimum atomic E-state index is 0.222. The van der Waals surface area contributed by atoms with Crippen LogP contribution in [0.15, 0.2) is 60.7 Å². The van der Waals surface area contributed by atoms with Gasteiger partial charge in [0.15, 0.2) is 0 Å². The summed E-state index contributed by atoms with van der Waals surface area (Å²) in [6.07, 6.45) is 13.6. The summed E-state index contributed by atoms with van der Waals surface area (Å²) in [5.74, 6) is 0. The molecule has 173 valence electrons. The van der Waals surface area contributed by atoms with E-state index >= 15 is 0 Å². The Morgan fingerprint density at radius 3 is 1.56 bits per heavy atom. The van der Waals surface area contributed by atoms with Crippen LogP contribution in [-0.2, 0) is 9.31 Å². The van der Waals surface area contributed by atoms with E-state index in [0.717, 1.165) is 6.54 Å². The Morgan fingerprint density at radius 1 is 0.656 bits per heavy atom. The van der Waals surface area contributed by atoms with Gasteiger partial charge >= 0.3 is 7.69 Å². The summed E-state index contributed by atoms with van der Waals surface area (Å²) in [6, 6.07) is 22.0. The fourth-order valence-corrected chi connectivity index (χ4v) is 4.74. The second-order valence-electron chi connectivity index (χ2n) is 9.04. The maximum atomic E-state index is 5.77. The Labute approximate surface area is 196 Å². The Balaban J connectivity index is 1.58. The lowest BCUT2D eigenvalue weighted by Crippen LogP contribution is -2.40. The van der Waals surface area contributed by atoms with Crippen LogP contribution in [-0.4, -0.2) is 32.3 Å². The van der Waals surface area contributed by atoms with E-state index in [1.807, 2.05) is 0 Å². The van der Waals surface area contributed by atoms with Gasteiger partial charge in [-0.2, -0.15) is 0 Å². The van der Waals surface area contributed by atoms with Crippen molar-refractivity contribution in [3.63, 3.8) is 0 Å². The van der Waals surface area contributed by atoms with E-state index in [0.29, 0.717) is 13.2 Å². The SMILES string of the molecule is CCCCCCCCCCCCN1C(c2ccccc2)CO[B]OCC1c1ccccc1. The smallest absolute Gasteiger partial charge is 0.411 e. The second-order valence-corrected chi connectivity index (χ2v) is 9.04. The molecule has 0 spiro atoms. The van der Waals surface area contributed by atoms with E-state index in [1.54, 1.807) is 0 Å². The first kappa shape index (κ1) is 25.0. The molecule has 3 nitrogen and oxygen atoms in total. The van der Waals surface area contributed by atoms with Crippen molar-refractivity contribution in [1.82, 2.24) is 4.90 Å². The van der Waals surface area contributed by atoms with Gasteiger partial charge in [-0.1, -0.05) is 125 Å². The topological polar surface area (TPSA) is 21.7 Å². The fraction of sp³-hybridized carbons (Fsp3) is 0.571. The Morgan fingerprint density at radius 2 is 1.09 bits per heavy atom. The summed E-state index contributed by atoms with van der Waals surface area (Å²) in [6.45, 7) is 4.58. The lowest BCUT2D eigenvalue weighted by atomic mass is 9.97. The molecule has 1 heterocycles. The lowest BCUT2D eigenvalue weighted by molar-refractivity contribution is 0.0276. The second kappa shape index (κ2) is 15.3. The van der Waals surface area contributed by atoms with E-state index in [9.17, 15) is 0 Å². The molecule has 1 fully saturated rings. The molecule has 1 aliphatic rings. The van der Waals surface area contributed by atoms with Crippen LogP contribution in [0.1, 0.15) is 94.3 Å². The zero-order valence-electron chi connectivity index (χ0n) is 20.0. The van der Waals surface area contributed by atoms with Crippen molar-refractivity contribution in [2.45, 2.75) is 83.2 Å². The van der Waals surface area contributed by atoms with E-state index in [1.165, 1.54) is 83.0 Å². The average molecular weight is 434 g/mol. The molecule has 2 aromatic rings. The van der Waals surface area contributed by atoms with Gasteiger partial charge in [0.1, 0.15) is 0 Å². The number of rotatable bonds is 13. The third-order valence-corrected chi connectivity index (χ3v) is 6.58. The maximum Gasteiger partial charge on any atom is 0.488 e. The Kier molecular flexibility index (Phi) is 11.9. The molecule has 1 radical (unpaired) electrons. The van der Waals surface area contributed by atoms with Crippen LogP contribution in [0.4, 0.5) is 0 Å². The van der Waals surface area contributed by atoms with Gasteiger partial charge in [0.25, 0.3) is 0 Å². The summed E-state index contributed by atoms with van der Waals surface area (Å²) in [4.78, 5) is 2.61. The van der Waals surface area contributed by atoms with Gasteiger partial charge in [0.05, 0.1) is 25.3 Å². The summed E-state index contributed by atoms with van der Waals surface area (Å²) < 4.78 is 11.5. The van der Waals surface area contributed by atoms with Gasteiger partial charge in [0, 0.05) is 0 Å². The first-order valence-electron chi connectivity index (χ1n) is 12.8. The van der Waals surface area contributed by atoms with Crippen LogP contribution < -0.4 is 0 Å². The van der Waals surface area contributed by atoms with Gasteiger partial charge < -0.3 is 9.31 Å². The lowest BCUT2D eigenvalue weighted by Gasteiger charge is -2.40. The van der Waals surface area contributed by atoms with Crippen LogP contribution >= 0.6 is 0 Å². The van der Waals surface area contributed by atoms with Crippen LogP contribution in [0.3, 0.4) is 0 Å². The quantitative estimate of drug-likeness (QED) is 0.244. The third kappa shape index (κ3) is 8.39. The van der Waals surface area contributed by atoms with E-state index in [-0.39, 0.29) is 12.1 Å². The summed E-state index contributed by atoms with van der Waals surface area (Å²) in [5.41, 5.74) is 2.63. The monoisotopic (exact) mass is 434 g/mol. The first-order valence-corrected chi connectivity index (χ1v) is 12.8. The molecule has 1 saturated heterocycles. The number of nitrogens with zero attached hydrogens (tertiary/aromatic N) is 1. The van der Waals surface area contributed by atoms with Gasteiger partial charge in [-0.25, -0.2) is 0 Å². The highest BCUT2D eigenvalue weighted by molar-refractivity contribution is 6.17. The molecule has 3 rings (SSSR count). The molecular weight excluding hydrogens is 393 g/mol. The van der Waals surface area contributed by atoms with Gasteiger partial charge in [0.2, 0.25) is 0 Å². The standard InChI is InChI=1S/C28H41BNO2/c1-2-3-4-5-6-7-8-9-10-17-22-30-27(25-18-13-11-14-19-25)23-31-29-32-24-28(30)26-20-15-12-16-21-26/h11-16,18-21,27-28H,2-10,17,22-24H2,1H3. The fourth-order valence-electron chi connectivity index (χ4n) is 4.74. The number of hydrogen-bond acceptors (Lipinski definition) is 3. The molecular formula is C28H41BNO2. The van der Waals surface area contributed by atoms with Crippen LogP contribution in [0, 0.1) is 0 Å². The molecule has 0 amide bonds. The molecule has 32 heavy (non-hydrogen) atoms. The van der Waals surface area contributed by atoms with E-state index < -0.39 is 0 Å². The van der Waals surface area contributed by atoms with Gasteiger partial charge in [-0.3, -0.25) is 4.90 Å². The zero-order chi connectivity index (χ0) is 22.3. The summed E-state index contributed by atoms with van der Waals surface area (Å²) in [5, 5.41) is 0. The largest absolute Gasteiger partial charge is 0.488 e. The molecule has 0 aromatic heterocycles. The highest BCUT2D eigenvalue weighted by atomic mass is 16.6. The molecule has 0 N–H and O–H groups in total. The van der Waals surface area contributed by atoms with Crippen LogP contribution in [0.5, 0.6) is 0 Å². The highest BCUT2D eigenvalue weighted by Crippen LogP contribution is 2.33. The molecule has 0 bridgehead atoms. The van der Waals surface area contributed by atoms with Crippen molar-refractivity contribution in [2.24, 2.45) is 0 Å². The van der Waals surface area contributed by atoms with Crippen LogP contribution in [0.2, 0.25) is 0 Å². The van der Waals surface area contributed by atoms with Crippen molar-refractivity contribution < 1.29 is 9.31 Å². The predicted octanol–water partition coefficient (Wildman–Crippen LogP) is 7.27. The average Bonchev–Trinajstić information content (AvgIpc) is 2.83. The van der Waals surface area contributed by atoms with E-state index in [4.69, 9.17) is 9.31 Å². The molecule has 2 unspecified atom stereocenters. The van der Waals surface area contributed by atoms with Crippen molar-refractivity contribution in [1.29, 1.82) is 0 Å². The zero-order valence-corrected chi connectivity index (χ0v) is 20.0. The summed E-state index contributed by atoms with van der Waals surface area (Å²) in [7, 11) is 1.53. The first-order chi connectivity index (χ1) is 15.9. The summed E-state index contributed by atoms with van der Waals surface area (Å²) >= 11 is 0. The molecule has 1 aliphatic heterocycles. The Hall–Kier alpha value is -1.62. The molecule has 0 saturated carbocycles. The molecule has 2 aromatic carbocycles. The molecule has 4 heteroatoms. The van der Waals surface area contributed by atoms with E-state index in [2.05, 4.69) is 72.5 Å². The van der Waals surface area contributed by atoms with Crippen LogP contribution in [0.25, 0.3) is 0 Å². The predicted molar refractivity (Wildman–Crippen MR) is 135 cm³/mol. The van der Waals surface area contributed by atoms with Gasteiger partial charge in [-0.05, 0) is 24.1 Å². The number of benzene rings is 2. The highest BCUT2D eigenvalue weighted by Gasteiger charge is 2.30. The number of hydrogen-bond donors (Lipinski definition) is 0. The number of unbranched alkanes of at least 4 members (excludes halogenated alkanes) is 9. The van der Waals surface area contributed by atoms with Crippen molar-refractivity contribution in [2.75, 3.05) is 19.8 Å². The minimum absolute atomic E-state index is 0.222. The Bertz CT molecular complexity index is 662. The normalized spacial score (nSPS) is 19.8. The molecule has 0 aliphatic carbocycles. The maximum absolute atomic E-state index is 5.77. The third-order valence-electron chi connectivity index (χ3n) is 6.58. The van der Waals surface area contributed by atoms with Crippen molar-refractivity contribution >= 4 is 7.69 Å². The minimum Gasteiger partial charge on any atom is -0.411 e. The van der Waals surface area contributed by atoms with Crippen molar-refractivity contribution in [3.8, 4) is 0 Å².